The number of para-hydroxylation sites is 1. The standard InChI is InChI=1S/C28H20BrClO2S/c29-23-12-16-25(17-13-23)33-27(28(31)21-10-14-24(30)15-11-21)18-22-8-4-5-9-26(22)32-19-20-6-2-1-3-7-20/h1-18H,19H2/b27-18+. The molecule has 0 atom stereocenters. The Labute approximate surface area is 211 Å². The number of hydrogen-bond acceptors (Lipinski definition) is 3. The average Bonchev–Trinajstić information content (AvgIpc) is 2.85. The maximum atomic E-state index is 13.4. The summed E-state index contributed by atoms with van der Waals surface area (Å²) in [5, 5.41) is 0.595. The van der Waals surface area contributed by atoms with E-state index in [4.69, 9.17) is 16.3 Å². The molecule has 0 aliphatic carbocycles. The zero-order chi connectivity index (χ0) is 23.0. The van der Waals surface area contributed by atoms with Crippen molar-refractivity contribution in [3.8, 4) is 5.75 Å². The molecule has 0 fully saturated rings. The Hall–Kier alpha value is -2.79. The van der Waals surface area contributed by atoms with E-state index in [-0.39, 0.29) is 5.78 Å². The largest absolute Gasteiger partial charge is 0.488 e. The average molecular weight is 536 g/mol. The number of carbonyl (C=O) groups excluding carboxylic acids is 1. The molecule has 5 heteroatoms. The first kappa shape index (κ1) is 23.4. The molecule has 0 N–H and O–H groups in total. The van der Waals surface area contributed by atoms with Crippen LogP contribution in [0.5, 0.6) is 5.75 Å². The van der Waals surface area contributed by atoms with Gasteiger partial charge in [-0.15, -0.1) is 0 Å². The van der Waals surface area contributed by atoms with Crippen LogP contribution in [-0.4, -0.2) is 5.78 Å². The molecule has 0 saturated carbocycles. The second kappa shape index (κ2) is 11.4. The Morgan fingerprint density at radius 2 is 1.52 bits per heavy atom. The maximum Gasteiger partial charge on any atom is 0.199 e. The fraction of sp³-hybridized carbons (Fsp3) is 0.0357. The van der Waals surface area contributed by atoms with Crippen molar-refractivity contribution in [2.75, 3.05) is 0 Å². The van der Waals surface area contributed by atoms with Crippen LogP contribution in [0.4, 0.5) is 0 Å². The van der Waals surface area contributed by atoms with Crippen molar-refractivity contribution in [2.45, 2.75) is 11.5 Å². The van der Waals surface area contributed by atoms with E-state index in [1.807, 2.05) is 84.9 Å². The minimum atomic E-state index is -0.0718. The summed E-state index contributed by atoms with van der Waals surface area (Å²) in [6.45, 7) is 0.450. The summed E-state index contributed by atoms with van der Waals surface area (Å²) in [6.07, 6.45) is 1.89. The third-order valence-corrected chi connectivity index (χ3v) is 6.63. The van der Waals surface area contributed by atoms with E-state index in [1.165, 1.54) is 11.8 Å². The lowest BCUT2D eigenvalue weighted by Crippen LogP contribution is -2.02. The molecule has 0 heterocycles. The molecule has 4 rings (SSSR count). The molecular formula is C28H20BrClO2S. The van der Waals surface area contributed by atoms with Gasteiger partial charge in [0.1, 0.15) is 12.4 Å². The van der Waals surface area contributed by atoms with Crippen LogP contribution in [0.2, 0.25) is 5.02 Å². The van der Waals surface area contributed by atoms with Gasteiger partial charge in [-0.1, -0.05) is 87.8 Å². The molecule has 4 aromatic carbocycles. The zero-order valence-electron chi connectivity index (χ0n) is 17.6. The molecule has 4 aromatic rings. The summed E-state index contributed by atoms with van der Waals surface area (Å²) in [7, 11) is 0. The van der Waals surface area contributed by atoms with Crippen molar-refractivity contribution in [1.82, 2.24) is 0 Å². The normalized spacial score (nSPS) is 11.3. The van der Waals surface area contributed by atoms with Gasteiger partial charge in [0.25, 0.3) is 0 Å². The summed E-state index contributed by atoms with van der Waals surface area (Å²) < 4.78 is 7.09. The quantitative estimate of drug-likeness (QED) is 0.128. The van der Waals surface area contributed by atoms with Crippen LogP contribution in [0.1, 0.15) is 21.5 Å². The first-order valence-electron chi connectivity index (χ1n) is 10.3. The van der Waals surface area contributed by atoms with E-state index in [2.05, 4.69) is 15.9 Å². The number of ether oxygens (including phenoxy) is 1. The van der Waals surface area contributed by atoms with Gasteiger partial charge in [-0.05, 0) is 66.2 Å². The third kappa shape index (κ3) is 6.61. The third-order valence-electron chi connectivity index (χ3n) is 4.81. The lowest BCUT2D eigenvalue weighted by atomic mass is 10.1. The molecule has 0 bridgehead atoms. The van der Waals surface area contributed by atoms with E-state index in [1.54, 1.807) is 24.3 Å². The van der Waals surface area contributed by atoms with Crippen molar-refractivity contribution in [3.05, 3.63) is 134 Å². The van der Waals surface area contributed by atoms with Crippen LogP contribution in [0, 0.1) is 0 Å². The Kier molecular flexibility index (Phi) is 8.05. The number of rotatable bonds is 8. The number of ketones is 1. The Balaban J connectivity index is 1.67. The van der Waals surface area contributed by atoms with Crippen LogP contribution in [0.3, 0.4) is 0 Å². The first-order chi connectivity index (χ1) is 16.1. The van der Waals surface area contributed by atoms with Crippen molar-refractivity contribution >= 4 is 51.2 Å². The molecule has 0 aliphatic rings. The maximum absolute atomic E-state index is 13.4. The molecule has 164 valence electrons. The molecule has 0 aromatic heterocycles. The summed E-state index contributed by atoms with van der Waals surface area (Å²) in [6, 6.07) is 32.6. The molecular weight excluding hydrogens is 516 g/mol. The van der Waals surface area contributed by atoms with Gasteiger partial charge in [0.05, 0.1) is 4.91 Å². The molecule has 0 aliphatic heterocycles. The van der Waals surface area contributed by atoms with Crippen LogP contribution in [-0.2, 0) is 6.61 Å². The van der Waals surface area contributed by atoms with Gasteiger partial charge in [-0.3, -0.25) is 4.79 Å². The first-order valence-corrected chi connectivity index (χ1v) is 12.3. The summed E-state index contributed by atoms with van der Waals surface area (Å²) in [5.41, 5.74) is 2.51. The predicted octanol–water partition coefficient (Wildman–Crippen LogP) is 8.70. The minimum Gasteiger partial charge on any atom is -0.488 e. The highest BCUT2D eigenvalue weighted by atomic mass is 79.9. The van der Waals surface area contributed by atoms with Gasteiger partial charge in [0, 0.05) is 25.5 Å². The molecule has 33 heavy (non-hydrogen) atoms. The van der Waals surface area contributed by atoms with Crippen LogP contribution < -0.4 is 4.74 Å². The van der Waals surface area contributed by atoms with Gasteiger partial charge in [0.2, 0.25) is 0 Å². The Morgan fingerprint density at radius 3 is 2.24 bits per heavy atom. The van der Waals surface area contributed by atoms with Crippen molar-refractivity contribution in [3.63, 3.8) is 0 Å². The monoisotopic (exact) mass is 534 g/mol. The Bertz CT molecular complexity index is 1250. The SMILES string of the molecule is O=C(/C(=C\c1ccccc1OCc1ccccc1)Sc1ccc(Br)cc1)c1ccc(Cl)cc1. The van der Waals surface area contributed by atoms with Gasteiger partial charge >= 0.3 is 0 Å². The fourth-order valence-electron chi connectivity index (χ4n) is 3.12. The topological polar surface area (TPSA) is 26.3 Å². The molecule has 2 nitrogen and oxygen atoms in total. The highest BCUT2D eigenvalue weighted by Gasteiger charge is 2.16. The number of benzene rings is 4. The van der Waals surface area contributed by atoms with Crippen LogP contribution in [0.25, 0.3) is 6.08 Å². The lowest BCUT2D eigenvalue weighted by Gasteiger charge is -2.12. The zero-order valence-corrected chi connectivity index (χ0v) is 20.7. The molecule has 0 unspecified atom stereocenters. The number of hydrogen-bond donors (Lipinski definition) is 0. The molecule has 0 radical (unpaired) electrons. The van der Waals surface area contributed by atoms with Crippen LogP contribution in [0.15, 0.2) is 117 Å². The van der Waals surface area contributed by atoms with E-state index in [0.29, 0.717) is 22.1 Å². The second-order valence-electron chi connectivity index (χ2n) is 7.21. The van der Waals surface area contributed by atoms with E-state index < -0.39 is 0 Å². The van der Waals surface area contributed by atoms with Gasteiger partial charge in [-0.2, -0.15) is 0 Å². The fourth-order valence-corrected chi connectivity index (χ4v) is 4.44. The molecule has 0 amide bonds. The Morgan fingerprint density at radius 1 is 0.848 bits per heavy atom. The van der Waals surface area contributed by atoms with Crippen molar-refractivity contribution in [2.24, 2.45) is 0 Å². The summed E-state index contributed by atoms with van der Waals surface area (Å²) in [5.74, 6) is 0.650. The molecule has 0 spiro atoms. The van der Waals surface area contributed by atoms with E-state index in [0.717, 1.165) is 26.2 Å². The molecule has 0 saturated heterocycles. The van der Waals surface area contributed by atoms with Crippen LogP contribution >= 0.6 is 39.3 Å². The predicted molar refractivity (Wildman–Crippen MR) is 141 cm³/mol. The lowest BCUT2D eigenvalue weighted by molar-refractivity contribution is 0.104. The minimum absolute atomic E-state index is 0.0718. The number of carbonyl (C=O) groups is 1. The number of Topliss-reactive ketones (excluding diaryl/α,β-unsaturated/α-hetero) is 1. The van der Waals surface area contributed by atoms with Gasteiger partial charge < -0.3 is 4.74 Å². The summed E-state index contributed by atoms with van der Waals surface area (Å²) in [4.78, 5) is 15.0. The number of halogens is 2. The van der Waals surface area contributed by atoms with E-state index in [9.17, 15) is 4.79 Å². The van der Waals surface area contributed by atoms with Gasteiger partial charge in [0.15, 0.2) is 5.78 Å². The summed E-state index contributed by atoms with van der Waals surface area (Å²) >= 11 is 10.9. The van der Waals surface area contributed by atoms with E-state index >= 15 is 0 Å². The number of thioether (sulfide) groups is 1. The highest BCUT2D eigenvalue weighted by Crippen LogP contribution is 2.34. The number of allylic oxidation sites excluding steroid dienone is 1. The van der Waals surface area contributed by atoms with Crippen molar-refractivity contribution < 1.29 is 9.53 Å². The van der Waals surface area contributed by atoms with Gasteiger partial charge in [-0.25, -0.2) is 0 Å². The highest BCUT2D eigenvalue weighted by molar-refractivity contribution is 9.10. The van der Waals surface area contributed by atoms with Crippen molar-refractivity contribution in [1.29, 1.82) is 0 Å². The second-order valence-corrected chi connectivity index (χ2v) is 9.68. The smallest absolute Gasteiger partial charge is 0.199 e.